The van der Waals surface area contributed by atoms with Gasteiger partial charge < -0.3 is 10.6 Å². The molecular weight excluding hydrogens is 264 g/mol. The van der Waals surface area contributed by atoms with Crippen molar-refractivity contribution in [3.05, 3.63) is 29.3 Å². The first-order chi connectivity index (χ1) is 9.65. The van der Waals surface area contributed by atoms with Crippen LogP contribution in [0.4, 0.5) is 5.69 Å². The summed E-state index contributed by atoms with van der Waals surface area (Å²) in [5, 5.41) is 0. The first-order valence-corrected chi connectivity index (χ1v) is 8.21. The van der Waals surface area contributed by atoms with Crippen LogP contribution in [0.25, 0.3) is 0 Å². The highest BCUT2D eigenvalue weighted by Crippen LogP contribution is 2.38. The highest BCUT2D eigenvalue weighted by molar-refractivity contribution is 7.80. The Morgan fingerprint density at radius 2 is 1.95 bits per heavy atom. The molecule has 2 fully saturated rings. The summed E-state index contributed by atoms with van der Waals surface area (Å²) < 4.78 is 0. The molecule has 3 heteroatoms. The van der Waals surface area contributed by atoms with Crippen LogP contribution in [0.15, 0.2) is 18.2 Å². The summed E-state index contributed by atoms with van der Waals surface area (Å²) in [7, 11) is 0. The van der Waals surface area contributed by atoms with Crippen molar-refractivity contribution in [2.75, 3.05) is 18.0 Å². The summed E-state index contributed by atoms with van der Waals surface area (Å²) in [4.78, 5) is 3.04. The number of anilines is 1. The van der Waals surface area contributed by atoms with Gasteiger partial charge in [0.15, 0.2) is 0 Å². The van der Waals surface area contributed by atoms with E-state index in [1.807, 2.05) is 0 Å². The second kappa shape index (κ2) is 5.72. The summed E-state index contributed by atoms with van der Waals surface area (Å²) in [6.07, 6.45) is 7.01. The largest absolute Gasteiger partial charge is 0.389 e. The van der Waals surface area contributed by atoms with Gasteiger partial charge in [0.1, 0.15) is 4.99 Å². The maximum absolute atomic E-state index is 5.93. The number of nitrogens with two attached hydrogens (primary N) is 1. The van der Waals surface area contributed by atoms with Gasteiger partial charge in [-0.05, 0) is 43.7 Å². The van der Waals surface area contributed by atoms with Crippen LogP contribution in [-0.2, 0) is 0 Å². The smallest absolute Gasteiger partial charge is 0.106 e. The average molecular weight is 288 g/mol. The molecule has 1 aliphatic carbocycles. The van der Waals surface area contributed by atoms with E-state index in [0.717, 1.165) is 23.9 Å². The quantitative estimate of drug-likeness (QED) is 0.842. The van der Waals surface area contributed by atoms with E-state index in [4.69, 9.17) is 18.0 Å². The maximum Gasteiger partial charge on any atom is 0.106 e. The number of hydrogen-bond acceptors (Lipinski definition) is 2. The lowest BCUT2D eigenvalue weighted by Crippen LogP contribution is -2.42. The molecule has 20 heavy (non-hydrogen) atoms. The van der Waals surface area contributed by atoms with Crippen LogP contribution in [0.1, 0.15) is 43.2 Å². The molecule has 2 N–H and O–H groups in total. The molecule has 1 aromatic carbocycles. The first kappa shape index (κ1) is 13.9. The Morgan fingerprint density at radius 1 is 1.20 bits per heavy atom. The van der Waals surface area contributed by atoms with E-state index >= 15 is 0 Å². The van der Waals surface area contributed by atoms with Gasteiger partial charge in [-0.15, -0.1) is 0 Å². The molecule has 0 spiro atoms. The third-order valence-electron chi connectivity index (χ3n) is 5.05. The topological polar surface area (TPSA) is 29.3 Å². The number of nitrogens with zero attached hydrogens (tertiary/aromatic N) is 1. The Morgan fingerprint density at radius 3 is 2.70 bits per heavy atom. The van der Waals surface area contributed by atoms with Crippen LogP contribution >= 0.6 is 12.2 Å². The second-order valence-electron chi connectivity index (χ2n) is 6.42. The number of aryl methyl sites for hydroxylation is 1. The predicted molar refractivity (Wildman–Crippen MR) is 89.3 cm³/mol. The zero-order valence-electron chi connectivity index (χ0n) is 12.3. The van der Waals surface area contributed by atoms with Crippen LogP contribution in [0.5, 0.6) is 0 Å². The van der Waals surface area contributed by atoms with Gasteiger partial charge in [-0.3, -0.25) is 0 Å². The normalized spacial score (nSPS) is 26.1. The van der Waals surface area contributed by atoms with Crippen LogP contribution in [0.3, 0.4) is 0 Å². The van der Waals surface area contributed by atoms with Crippen LogP contribution < -0.4 is 10.6 Å². The number of benzene rings is 1. The van der Waals surface area contributed by atoms with Gasteiger partial charge in [-0.1, -0.05) is 43.1 Å². The van der Waals surface area contributed by atoms with Gasteiger partial charge in [0.2, 0.25) is 0 Å². The lowest BCUT2D eigenvalue weighted by molar-refractivity contribution is 0.202. The third-order valence-corrected chi connectivity index (χ3v) is 5.27. The van der Waals surface area contributed by atoms with E-state index in [1.54, 1.807) is 0 Å². The number of hydrogen-bond donors (Lipinski definition) is 1. The molecule has 1 aliphatic heterocycles. The standard InChI is InChI=1S/C17H24N2S/c1-12-6-7-16(15(10-12)17(18)20)19-9-8-13-4-2-3-5-14(13)11-19/h6-7,10,13-14H,2-5,8-9,11H2,1H3,(H2,18,20). The van der Waals surface area contributed by atoms with E-state index in [2.05, 4.69) is 30.0 Å². The molecule has 2 aliphatic rings. The molecule has 1 heterocycles. The lowest BCUT2D eigenvalue weighted by Gasteiger charge is -2.42. The summed E-state index contributed by atoms with van der Waals surface area (Å²) in [5.74, 6) is 1.83. The zero-order valence-corrected chi connectivity index (χ0v) is 13.1. The fraction of sp³-hybridized carbons (Fsp3) is 0.588. The van der Waals surface area contributed by atoms with Crippen molar-refractivity contribution in [3.63, 3.8) is 0 Å². The fourth-order valence-corrected chi connectivity index (χ4v) is 4.11. The molecule has 2 unspecified atom stereocenters. The van der Waals surface area contributed by atoms with Gasteiger partial charge in [-0.2, -0.15) is 0 Å². The number of rotatable bonds is 2. The van der Waals surface area contributed by atoms with Crippen molar-refractivity contribution < 1.29 is 0 Å². The molecule has 0 bridgehead atoms. The van der Waals surface area contributed by atoms with Crippen LogP contribution in [0.2, 0.25) is 0 Å². The van der Waals surface area contributed by atoms with Gasteiger partial charge in [-0.25, -0.2) is 0 Å². The molecule has 3 rings (SSSR count). The minimum absolute atomic E-state index is 0.523. The molecular formula is C17H24N2S. The number of thiocarbonyl (C=S) groups is 1. The highest BCUT2D eigenvalue weighted by Gasteiger charge is 2.31. The molecule has 1 saturated carbocycles. The van der Waals surface area contributed by atoms with Gasteiger partial charge in [0, 0.05) is 24.3 Å². The Balaban J connectivity index is 1.84. The molecule has 0 radical (unpaired) electrons. The fourth-order valence-electron chi connectivity index (χ4n) is 3.94. The molecule has 108 valence electrons. The van der Waals surface area contributed by atoms with Crippen molar-refractivity contribution in [2.45, 2.75) is 39.0 Å². The summed E-state index contributed by atoms with van der Waals surface area (Å²) in [6.45, 7) is 4.43. The molecule has 0 aromatic heterocycles. The molecule has 0 amide bonds. The highest BCUT2D eigenvalue weighted by atomic mass is 32.1. The minimum Gasteiger partial charge on any atom is -0.389 e. The second-order valence-corrected chi connectivity index (χ2v) is 6.86. The lowest BCUT2D eigenvalue weighted by atomic mass is 9.75. The Kier molecular flexibility index (Phi) is 3.97. The minimum atomic E-state index is 0.523. The van der Waals surface area contributed by atoms with Crippen LogP contribution in [0, 0.1) is 18.8 Å². The molecule has 1 aromatic rings. The maximum atomic E-state index is 5.93. The van der Waals surface area contributed by atoms with Gasteiger partial charge in [0.05, 0.1) is 0 Å². The van der Waals surface area contributed by atoms with E-state index in [0.29, 0.717) is 4.99 Å². The van der Waals surface area contributed by atoms with E-state index in [1.165, 1.54) is 49.9 Å². The number of piperidine rings is 1. The van der Waals surface area contributed by atoms with E-state index in [-0.39, 0.29) is 0 Å². The molecule has 2 nitrogen and oxygen atoms in total. The zero-order chi connectivity index (χ0) is 14.1. The van der Waals surface area contributed by atoms with Gasteiger partial charge in [0.25, 0.3) is 0 Å². The van der Waals surface area contributed by atoms with Crippen molar-refractivity contribution in [1.29, 1.82) is 0 Å². The monoisotopic (exact) mass is 288 g/mol. The Hall–Kier alpha value is -1.09. The van der Waals surface area contributed by atoms with Crippen molar-refractivity contribution >= 4 is 22.9 Å². The predicted octanol–water partition coefficient (Wildman–Crippen LogP) is 3.65. The van der Waals surface area contributed by atoms with Crippen LogP contribution in [-0.4, -0.2) is 18.1 Å². The van der Waals surface area contributed by atoms with E-state index in [9.17, 15) is 0 Å². The summed E-state index contributed by atoms with van der Waals surface area (Å²) >= 11 is 5.24. The summed E-state index contributed by atoms with van der Waals surface area (Å²) in [6, 6.07) is 6.50. The molecule has 1 saturated heterocycles. The Labute approximate surface area is 127 Å². The third kappa shape index (κ3) is 2.69. The van der Waals surface area contributed by atoms with Crippen molar-refractivity contribution in [2.24, 2.45) is 17.6 Å². The van der Waals surface area contributed by atoms with E-state index < -0.39 is 0 Å². The van der Waals surface area contributed by atoms with Crippen molar-refractivity contribution in [1.82, 2.24) is 0 Å². The van der Waals surface area contributed by atoms with Crippen molar-refractivity contribution in [3.8, 4) is 0 Å². The average Bonchev–Trinajstić information content (AvgIpc) is 2.46. The SMILES string of the molecule is Cc1ccc(N2CCC3CCCCC3C2)c(C(N)=S)c1. The Bertz CT molecular complexity index is 512. The van der Waals surface area contributed by atoms with Gasteiger partial charge >= 0.3 is 0 Å². The number of fused-ring (bicyclic) bond motifs is 1. The first-order valence-electron chi connectivity index (χ1n) is 7.80. The molecule has 2 atom stereocenters. The summed E-state index contributed by atoms with van der Waals surface area (Å²) in [5.41, 5.74) is 9.45.